The summed E-state index contributed by atoms with van der Waals surface area (Å²) in [6.45, 7) is 9.23. The lowest BCUT2D eigenvalue weighted by Gasteiger charge is -2.35. The van der Waals surface area contributed by atoms with Crippen molar-refractivity contribution in [2.45, 2.75) is 45.8 Å². The molecule has 1 atom stereocenters. The van der Waals surface area contributed by atoms with Crippen molar-refractivity contribution in [1.29, 1.82) is 0 Å². The fraction of sp³-hybridized carbons (Fsp3) is 0.647. The highest BCUT2D eigenvalue weighted by Crippen LogP contribution is 2.30. The van der Waals surface area contributed by atoms with E-state index in [1.165, 1.54) is 28.6 Å². The number of nitrogens with zero attached hydrogens (tertiary/aromatic N) is 1. The number of piperidine rings is 1. The van der Waals surface area contributed by atoms with E-state index in [1.807, 2.05) is 0 Å². The lowest BCUT2D eigenvalue weighted by Crippen LogP contribution is -2.40. The van der Waals surface area contributed by atoms with E-state index in [0.717, 1.165) is 39.2 Å². The second-order valence-corrected chi connectivity index (χ2v) is 6.50. The molecule has 4 heteroatoms. The van der Waals surface area contributed by atoms with E-state index in [-0.39, 0.29) is 0 Å². The maximum Gasteiger partial charge on any atom is 0.0750 e. The van der Waals surface area contributed by atoms with Gasteiger partial charge >= 0.3 is 0 Å². The summed E-state index contributed by atoms with van der Waals surface area (Å²) in [6.07, 6.45) is 3.87. The third-order valence-corrected chi connectivity index (χ3v) is 4.50. The van der Waals surface area contributed by atoms with Gasteiger partial charge in [0.2, 0.25) is 0 Å². The van der Waals surface area contributed by atoms with E-state index >= 15 is 0 Å². The van der Waals surface area contributed by atoms with Crippen molar-refractivity contribution in [1.82, 2.24) is 5.32 Å². The normalized spacial score (nSPS) is 19.0. The number of halogens is 1. The summed E-state index contributed by atoms with van der Waals surface area (Å²) < 4.78 is 7.12. The van der Waals surface area contributed by atoms with Gasteiger partial charge in [-0.15, -0.1) is 0 Å². The highest BCUT2D eigenvalue weighted by Gasteiger charge is 2.21. The summed E-state index contributed by atoms with van der Waals surface area (Å²) in [5.74, 6) is 0. The summed E-state index contributed by atoms with van der Waals surface area (Å²) in [6, 6.07) is 6.69. The van der Waals surface area contributed by atoms with Gasteiger partial charge < -0.3 is 15.0 Å². The number of benzene rings is 1. The van der Waals surface area contributed by atoms with Crippen molar-refractivity contribution in [3.8, 4) is 0 Å². The first kappa shape index (κ1) is 16.8. The fourth-order valence-corrected chi connectivity index (χ4v) is 3.44. The Morgan fingerprint density at radius 3 is 2.95 bits per heavy atom. The number of rotatable bonds is 7. The Morgan fingerprint density at radius 1 is 1.38 bits per heavy atom. The molecule has 0 amide bonds. The predicted octanol–water partition coefficient (Wildman–Crippen LogP) is 3.95. The van der Waals surface area contributed by atoms with Crippen LogP contribution in [0, 0.1) is 0 Å². The van der Waals surface area contributed by atoms with Crippen LogP contribution in [0.3, 0.4) is 0 Å². The molecule has 1 unspecified atom stereocenters. The molecule has 0 aromatic heterocycles. The van der Waals surface area contributed by atoms with Crippen molar-refractivity contribution in [2.75, 3.05) is 31.1 Å². The van der Waals surface area contributed by atoms with Crippen LogP contribution in [0.4, 0.5) is 5.69 Å². The predicted molar refractivity (Wildman–Crippen MR) is 93.0 cm³/mol. The summed E-state index contributed by atoms with van der Waals surface area (Å²) in [7, 11) is 0. The maximum absolute atomic E-state index is 5.93. The minimum atomic E-state index is 0.382. The third-order valence-electron chi connectivity index (χ3n) is 3.87. The van der Waals surface area contributed by atoms with Crippen molar-refractivity contribution in [2.24, 2.45) is 0 Å². The molecule has 1 N–H and O–H groups in total. The Bertz CT molecular complexity index is 439. The SMILES string of the molecule is CCCOC1CCCN(c2ccc(CNCC)cc2Br)C1. The van der Waals surface area contributed by atoms with Crippen LogP contribution in [-0.4, -0.2) is 32.3 Å². The number of hydrogen-bond acceptors (Lipinski definition) is 3. The summed E-state index contributed by atoms with van der Waals surface area (Å²) in [5, 5.41) is 3.37. The summed E-state index contributed by atoms with van der Waals surface area (Å²) in [4.78, 5) is 2.45. The molecule has 1 saturated heterocycles. The van der Waals surface area contributed by atoms with Crippen molar-refractivity contribution in [3.05, 3.63) is 28.2 Å². The zero-order chi connectivity index (χ0) is 15.1. The van der Waals surface area contributed by atoms with Crippen LogP contribution >= 0.6 is 15.9 Å². The Hall–Kier alpha value is -0.580. The largest absolute Gasteiger partial charge is 0.376 e. The maximum atomic E-state index is 5.93. The first-order valence-electron chi connectivity index (χ1n) is 8.10. The zero-order valence-corrected chi connectivity index (χ0v) is 14.8. The molecule has 118 valence electrons. The van der Waals surface area contributed by atoms with Gasteiger partial charge in [0.1, 0.15) is 0 Å². The molecule has 3 nitrogen and oxygen atoms in total. The quantitative estimate of drug-likeness (QED) is 0.801. The minimum absolute atomic E-state index is 0.382. The molecule has 0 spiro atoms. The van der Waals surface area contributed by atoms with Crippen molar-refractivity contribution in [3.63, 3.8) is 0 Å². The summed E-state index contributed by atoms with van der Waals surface area (Å²) >= 11 is 3.74. The van der Waals surface area contributed by atoms with Gasteiger partial charge in [-0.05, 0) is 59.4 Å². The molecule has 1 aromatic carbocycles. The Kier molecular flexibility index (Phi) is 7.00. The summed E-state index contributed by atoms with van der Waals surface area (Å²) in [5.41, 5.74) is 2.61. The van der Waals surface area contributed by atoms with E-state index in [4.69, 9.17) is 4.74 Å². The molecular weight excluding hydrogens is 328 g/mol. The number of hydrogen-bond donors (Lipinski definition) is 1. The van der Waals surface area contributed by atoms with E-state index in [0.29, 0.717) is 6.10 Å². The second kappa shape index (κ2) is 8.76. The molecule has 1 aromatic rings. The average molecular weight is 355 g/mol. The molecule has 0 radical (unpaired) electrons. The van der Waals surface area contributed by atoms with Crippen molar-refractivity contribution >= 4 is 21.6 Å². The molecule has 1 heterocycles. The molecule has 1 aliphatic rings. The van der Waals surface area contributed by atoms with E-state index in [9.17, 15) is 0 Å². The van der Waals surface area contributed by atoms with Crippen LogP contribution in [-0.2, 0) is 11.3 Å². The lowest BCUT2D eigenvalue weighted by atomic mass is 10.1. The minimum Gasteiger partial charge on any atom is -0.376 e. The van der Waals surface area contributed by atoms with E-state index in [1.54, 1.807) is 0 Å². The van der Waals surface area contributed by atoms with Crippen LogP contribution in [0.15, 0.2) is 22.7 Å². The molecular formula is C17H27BrN2O. The molecule has 1 fully saturated rings. The second-order valence-electron chi connectivity index (χ2n) is 5.65. The highest BCUT2D eigenvalue weighted by molar-refractivity contribution is 9.10. The molecule has 0 bridgehead atoms. The molecule has 2 rings (SSSR count). The first-order valence-corrected chi connectivity index (χ1v) is 8.89. The average Bonchev–Trinajstić information content (AvgIpc) is 2.51. The first-order chi connectivity index (χ1) is 10.2. The Balaban J connectivity index is 2.00. The van der Waals surface area contributed by atoms with Gasteiger partial charge in [-0.3, -0.25) is 0 Å². The fourth-order valence-electron chi connectivity index (χ4n) is 2.76. The lowest BCUT2D eigenvalue weighted by molar-refractivity contribution is 0.0440. The van der Waals surface area contributed by atoms with E-state index < -0.39 is 0 Å². The standard InChI is InChI=1S/C17H27BrN2O/c1-3-10-21-15-6-5-9-20(13-15)17-8-7-14(11-16(17)18)12-19-4-2/h7-8,11,15,19H,3-6,9-10,12-13H2,1-2H3. The Labute approximate surface area is 137 Å². The highest BCUT2D eigenvalue weighted by atomic mass is 79.9. The van der Waals surface area contributed by atoms with Gasteiger partial charge in [-0.25, -0.2) is 0 Å². The van der Waals surface area contributed by atoms with Crippen LogP contribution in [0.5, 0.6) is 0 Å². The number of anilines is 1. The van der Waals surface area contributed by atoms with Crippen molar-refractivity contribution < 1.29 is 4.74 Å². The van der Waals surface area contributed by atoms with Gasteiger partial charge in [0.15, 0.2) is 0 Å². The van der Waals surface area contributed by atoms with Gasteiger partial charge in [0.05, 0.1) is 11.8 Å². The topological polar surface area (TPSA) is 24.5 Å². The number of nitrogens with one attached hydrogen (secondary N) is 1. The van der Waals surface area contributed by atoms with Gasteiger partial charge in [0, 0.05) is 30.7 Å². The molecule has 1 aliphatic heterocycles. The van der Waals surface area contributed by atoms with Crippen LogP contribution < -0.4 is 10.2 Å². The molecule has 21 heavy (non-hydrogen) atoms. The number of ether oxygens (including phenoxy) is 1. The molecule has 0 aliphatic carbocycles. The Morgan fingerprint density at radius 2 is 2.24 bits per heavy atom. The molecule has 0 saturated carbocycles. The van der Waals surface area contributed by atoms with Gasteiger partial charge in [-0.2, -0.15) is 0 Å². The van der Waals surface area contributed by atoms with Crippen LogP contribution in [0.2, 0.25) is 0 Å². The van der Waals surface area contributed by atoms with Gasteiger partial charge in [-0.1, -0.05) is 19.9 Å². The van der Waals surface area contributed by atoms with Crippen LogP contribution in [0.25, 0.3) is 0 Å². The third kappa shape index (κ3) is 4.97. The van der Waals surface area contributed by atoms with Crippen LogP contribution in [0.1, 0.15) is 38.7 Å². The zero-order valence-electron chi connectivity index (χ0n) is 13.2. The van der Waals surface area contributed by atoms with E-state index in [2.05, 4.69) is 58.2 Å². The van der Waals surface area contributed by atoms with Gasteiger partial charge in [0.25, 0.3) is 0 Å². The monoisotopic (exact) mass is 354 g/mol. The smallest absolute Gasteiger partial charge is 0.0750 e.